The molecule has 1 heteroatoms. The lowest BCUT2D eigenvalue weighted by molar-refractivity contribution is 0.804. The summed E-state index contributed by atoms with van der Waals surface area (Å²) >= 11 is 1.94. The van der Waals surface area contributed by atoms with Crippen LogP contribution in [0, 0.1) is 0 Å². The average Bonchev–Trinajstić information content (AvgIpc) is 2.93. The first-order valence-electron chi connectivity index (χ1n) is 6.95. The number of hydrogen-bond acceptors (Lipinski definition) is 1. The van der Waals surface area contributed by atoms with Gasteiger partial charge in [-0.05, 0) is 41.3 Å². The van der Waals surface area contributed by atoms with Gasteiger partial charge < -0.3 is 0 Å². The van der Waals surface area contributed by atoms with E-state index in [4.69, 9.17) is 0 Å². The number of rotatable bonds is 4. The molecule has 3 aromatic rings. The molecule has 0 aliphatic rings. The second-order valence-electron chi connectivity index (χ2n) is 4.90. The summed E-state index contributed by atoms with van der Waals surface area (Å²) in [7, 11) is 0. The third kappa shape index (κ3) is 2.57. The first-order chi connectivity index (χ1) is 9.38. The summed E-state index contributed by atoms with van der Waals surface area (Å²) in [5.41, 5.74) is 1.37. The van der Waals surface area contributed by atoms with E-state index in [1.54, 1.807) is 0 Å². The molecule has 1 aromatic heterocycles. The van der Waals surface area contributed by atoms with E-state index in [1.165, 1.54) is 45.4 Å². The number of hydrogen-bond donors (Lipinski definition) is 0. The summed E-state index contributed by atoms with van der Waals surface area (Å²) in [5, 5.41) is 2.68. The van der Waals surface area contributed by atoms with Crippen LogP contribution in [0.3, 0.4) is 0 Å². The van der Waals surface area contributed by atoms with Gasteiger partial charge in [0.2, 0.25) is 0 Å². The van der Waals surface area contributed by atoms with Crippen molar-refractivity contribution in [3.05, 3.63) is 59.5 Å². The minimum absolute atomic E-state index is 1.21. The molecule has 2 aromatic carbocycles. The zero-order valence-electron chi connectivity index (χ0n) is 11.2. The molecule has 0 unspecified atom stereocenters. The van der Waals surface area contributed by atoms with Crippen molar-refractivity contribution in [2.45, 2.75) is 26.2 Å². The van der Waals surface area contributed by atoms with Crippen LogP contribution in [-0.2, 0) is 6.42 Å². The Hall–Kier alpha value is -1.60. The first-order valence-corrected chi connectivity index (χ1v) is 7.77. The van der Waals surface area contributed by atoms with Crippen LogP contribution < -0.4 is 0 Å². The van der Waals surface area contributed by atoms with Gasteiger partial charge in [-0.25, -0.2) is 0 Å². The largest absolute Gasteiger partial charge is 0.140 e. The molecule has 0 aliphatic heterocycles. The maximum Gasteiger partial charge on any atom is 0.0351 e. The molecule has 0 saturated carbocycles. The maximum absolute atomic E-state index is 2.29. The Kier molecular flexibility index (Phi) is 3.65. The van der Waals surface area contributed by atoms with Gasteiger partial charge in [-0.15, -0.1) is 11.3 Å². The third-order valence-corrected chi connectivity index (χ3v) is 4.67. The van der Waals surface area contributed by atoms with Gasteiger partial charge in [-0.1, -0.05) is 55.8 Å². The molecule has 3 rings (SSSR count). The van der Waals surface area contributed by atoms with Crippen LogP contribution in [0.4, 0.5) is 0 Å². The Morgan fingerprint density at radius 3 is 2.63 bits per heavy atom. The van der Waals surface area contributed by atoms with Crippen molar-refractivity contribution < 1.29 is 0 Å². The van der Waals surface area contributed by atoms with Crippen molar-refractivity contribution in [1.82, 2.24) is 0 Å². The van der Waals surface area contributed by atoms with Crippen LogP contribution in [0.25, 0.3) is 21.2 Å². The molecule has 0 radical (unpaired) electrons. The first kappa shape index (κ1) is 12.4. The van der Waals surface area contributed by atoms with Crippen LogP contribution >= 0.6 is 11.3 Å². The zero-order valence-corrected chi connectivity index (χ0v) is 12.0. The summed E-state index contributed by atoms with van der Waals surface area (Å²) in [4.78, 5) is 2.90. The van der Waals surface area contributed by atoms with Crippen molar-refractivity contribution in [3.8, 4) is 10.4 Å². The van der Waals surface area contributed by atoms with E-state index in [0.717, 1.165) is 0 Å². The van der Waals surface area contributed by atoms with Crippen LogP contribution in [0.5, 0.6) is 0 Å². The number of thiophene rings is 1. The van der Waals surface area contributed by atoms with Crippen molar-refractivity contribution >= 4 is 22.1 Å². The summed E-state index contributed by atoms with van der Waals surface area (Å²) < 4.78 is 0. The minimum Gasteiger partial charge on any atom is -0.140 e. The van der Waals surface area contributed by atoms with Crippen LogP contribution in [0.1, 0.15) is 24.6 Å². The lowest BCUT2D eigenvalue weighted by atomic mass is 10.0. The maximum atomic E-state index is 2.29. The summed E-state index contributed by atoms with van der Waals surface area (Å²) in [5.74, 6) is 0. The predicted molar refractivity (Wildman–Crippen MR) is 85.9 cm³/mol. The van der Waals surface area contributed by atoms with E-state index in [9.17, 15) is 0 Å². The number of benzene rings is 2. The lowest BCUT2D eigenvalue weighted by Gasteiger charge is -2.04. The molecule has 19 heavy (non-hydrogen) atoms. The second kappa shape index (κ2) is 5.58. The molecule has 0 nitrogen and oxygen atoms in total. The average molecular weight is 266 g/mol. The van der Waals surface area contributed by atoms with Crippen molar-refractivity contribution in [3.63, 3.8) is 0 Å². The van der Waals surface area contributed by atoms with Crippen molar-refractivity contribution in [1.29, 1.82) is 0 Å². The summed E-state index contributed by atoms with van der Waals surface area (Å²) in [6, 6.07) is 19.8. The third-order valence-electron chi connectivity index (χ3n) is 3.49. The Labute approximate surface area is 118 Å². The molecular formula is C18H18S. The molecule has 96 valence electrons. The Balaban J connectivity index is 2.02. The number of aryl methyl sites for hydroxylation is 1. The van der Waals surface area contributed by atoms with E-state index in [1.807, 2.05) is 11.3 Å². The molecule has 0 N–H and O–H groups in total. The summed E-state index contributed by atoms with van der Waals surface area (Å²) in [6.07, 6.45) is 3.77. The molecule has 0 spiro atoms. The normalized spacial score (nSPS) is 11.0. The molecule has 0 aliphatic carbocycles. The topological polar surface area (TPSA) is 0 Å². The number of unbranched alkanes of at least 4 members (excludes halogenated alkanes) is 1. The van der Waals surface area contributed by atoms with Gasteiger partial charge in [0, 0.05) is 9.75 Å². The van der Waals surface area contributed by atoms with Gasteiger partial charge in [-0.3, -0.25) is 0 Å². The number of fused-ring (bicyclic) bond motifs is 1. The van der Waals surface area contributed by atoms with Gasteiger partial charge in [-0.2, -0.15) is 0 Å². The SMILES string of the molecule is CCCCc1ccc(-c2cccc3ccccc23)s1. The van der Waals surface area contributed by atoms with E-state index >= 15 is 0 Å². The van der Waals surface area contributed by atoms with E-state index in [-0.39, 0.29) is 0 Å². The van der Waals surface area contributed by atoms with Crippen molar-refractivity contribution in [2.75, 3.05) is 0 Å². The standard InChI is InChI=1S/C18H18S/c1-2-3-9-15-12-13-18(19-15)17-11-6-8-14-7-4-5-10-16(14)17/h4-8,10-13H,2-3,9H2,1H3. The summed E-state index contributed by atoms with van der Waals surface area (Å²) in [6.45, 7) is 2.25. The van der Waals surface area contributed by atoms with E-state index < -0.39 is 0 Å². The highest BCUT2D eigenvalue weighted by Crippen LogP contribution is 2.34. The quantitative estimate of drug-likeness (QED) is 0.550. The molecule has 0 fully saturated rings. The highest BCUT2D eigenvalue weighted by atomic mass is 32.1. The fourth-order valence-corrected chi connectivity index (χ4v) is 3.54. The van der Waals surface area contributed by atoms with Gasteiger partial charge >= 0.3 is 0 Å². The second-order valence-corrected chi connectivity index (χ2v) is 6.06. The van der Waals surface area contributed by atoms with Gasteiger partial charge in [0.25, 0.3) is 0 Å². The van der Waals surface area contributed by atoms with Crippen LogP contribution in [0.2, 0.25) is 0 Å². The highest BCUT2D eigenvalue weighted by molar-refractivity contribution is 7.15. The Morgan fingerprint density at radius 1 is 0.895 bits per heavy atom. The predicted octanol–water partition coefficient (Wildman–Crippen LogP) is 5.91. The van der Waals surface area contributed by atoms with Gasteiger partial charge in [0.05, 0.1) is 0 Å². The fraction of sp³-hybridized carbons (Fsp3) is 0.222. The Morgan fingerprint density at radius 2 is 1.74 bits per heavy atom. The molecule has 0 saturated heterocycles. The van der Waals surface area contributed by atoms with E-state index in [0.29, 0.717) is 0 Å². The molecule has 0 amide bonds. The highest BCUT2D eigenvalue weighted by Gasteiger charge is 2.06. The smallest absolute Gasteiger partial charge is 0.0351 e. The Bertz CT molecular complexity index is 673. The van der Waals surface area contributed by atoms with E-state index in [2.05, 4.69) is 61.5 Å². The van der Waals surface area contributed by atoms with Gasteiger partial charge in [0.15, 0.2) is 0 Å². The van der Waals surface area contributed by atoms with Crippen LogP contribution in [-0.4, -0.2) is 0 Å². The van der Waals surface area contributed by atoms with Crippen molar-refractivity contribution in [2.24, 2.45) is 0 Å². The minimum atomic E-state index is 1.21. The zero-order chi connectivity index (χ0) is 13.1. The molecule has 1 heterocycles. The van der Waals surface area contributed by atoms with Crippen LogP contribution in [0.15, 0.2) is 54.6 Å². The molecule has 0 atom stereocenters. The van der Waals surface area contributed by atoms with Gasteiger partial charge in [0.1, 0.15) is 0 Å². The fourth-order valence-electron chi connectivity index (χ4n) is 2.45. The lowest BCUT2D eigenvalue weighted by Crippen LogP contribution is -1.77. The molecule has 0 bridgehead atoms. The monoisotopic (exact) mass is 266 g/mol. The molecular weight excluding hydrogens is 248 g/mol.